The highest BCUT2D eigenvalue weighted by molar-refractivity contribution is 8.26. The van der Waals surface area contributed by atoms with Gasteiger partial charge >= 0.3 is 5.97 Å². The number of thiocarbonyl (C=S) groups is 1. The van der Waals surface area contributed by atoms with E-state index in [-0.39, 0.29) is 10.1 Å². The molecule has 1 aliphatic heterocycles. The van der Waals surface area contributed by atoms with E-state index in [1.165, 1.54) is 23.9 Å². The summed E-state index contributed by atoms with van der Waals surface area (Å²) in [5.74, 6) is -0.298. The molecule has 1 fully saturated rings. The third-order valence-electron chi connectivity index (χ3n) is 4.04. The van der Waals surface area contributed by atoms with Crippen molar-refractivity contribution in [2.45, 2.75) is 12.5 Å². The molecule has 1 atom stereocenters. The second-order valence-electron chi connectivity index (χ2n) is 5.90. The van der Waals surface area contributed by atoms with Gasteiger partial charge in [0.25, 0.3) is 5.91 Å². The molecule has 1 amide bonds. The molecule has 9 heteroatoms. The van der Waals surface area contributed by atoms with Gasteiger partial charge < -0.3 is 9.52 Å². The van der Waals surface area contributed by atoms with E-state index < -0.39 is 17.9 Å². The van der Waals surface area contributed by atoms with Gasteiger partial charge in [0.15, 0.2) is 0 Å². The minimum Gasteiger partial charge on any atom is -0.480 e. The lowest BCUT2D eigenvalue weighted by Crippen LogP contribution is -2.44. The first-order chi connectivity index (χ1) is 13.4. The van der Waals surface area contributed by atoms with Gasteiger partial charge in [0.1, 0.15) is 27.7 Å². The van der Waals surface area contributed by atoms with Crippen LogP contribution in [0.25, 0.3) is 17.4 Å². The summed E-state index contributed by atoms with van der Waals surface area (Å²) >= 11 is 7.80. The van der Waals surface area contributed by atoms with E-state index in [0.29, 0.717) is 34.2 Å². The largest absolute Gasteiger partial charge is 0.480 e. The lowest BCUT2D eigenvalue weighted by molar-refractivity contribution is -0.145. The topological polar surface area (TPSA) is 70.8 Å². The third kappa shape index (κ3) is 4.48. The third-order valence-corrected chi connectivity index (χ3v) is 6.02. The minimum atomic E-state index is -1.08. The molecule has 0 unspecified atom stereocenters. The van der Waals surface area contributed by atoms with Crippen molar-refractivity contribution < 1.29 is 23.5 Å². The molecule has 1 saturated heterocycles. The van der Waals surface area contributed by atoms with Gasteiger partial charge in [0, 0.05) is 11.6 Å². The normalized spacial score (nSPS) is 16.8. The Balaban J connectivity index is 1.82. The molecule has 0 spiro atoms. The van der Waals surface area contributed by atoms with E-state index in [1.807, 2.05) is 6.26 Å². The number of carboxylic acid groups (broad SMARTS) is 1. The summed E-state index contributed by atoms with van der Waals surface area (Å²) in [5, 5.41) is 9.48. The van der Waals surface area contributed by atoms with Gasteiger partial charge in [-0.3, -0.25) is 9.69 Å². The van der Waals surface area contributed by atoms with Crippen LogP contribution >= 0.6 is 35.7 Å². The smallest absolute Gasteiger partial charge is 0.326 e. The molecule has 0 saturated carbocycles. The number of thioether (sulfide) groups is 2. The van der Waals surface area contributed by atoms with Gasteiger partial charge in [-0.25, -0.2) is 9.18 Å². The number of carboxylic acids is 1. The van der Waals surface area contributed by atoms with E-state index >= 15 is 0 Å². The van der Waals surface area contributed by atoms with Crippen LogP contribution in [0.4, 0.5) is 4.39 Å². The first-order valence-electron chi connectivity index (χ1n) is 8.25. The van der Waals surface area contributed by atoms with Crippen LogP contribution in [0.5, 0.6) is 0 Å². The monoisotopic (exact) mass is 437 g/mol. The van der Waals surface area contributed by atoms with Crippen LogP contribution in [0.2, 0.25) is 0 Å². The van der Waals surface area contributed by atoms with E-state index in [1.54, 1.807) is 30.3 Å². The number of nitrogens with zero attached hydrogens (tertiary/aromatic N) is 1. The zero-order valence-corrected chi connectivity index (χ0v) is 17.2. The number of benzene rings is 1. The molecular formula is C19H16FNO4S3. The standard InChI is InChI=1S/C19H16FNO4S3/c1-27-9-8-14(18(23)24)21-17(22)16(28-19(21)26)10-13-6-7-15(25-13)11-2-4-12(20)5-3-11/h2-7,10,14H,8-9H2,1H3,(H,23,24)/b16-10+/t14-/m0/s1. The Labute approximate surface area is 175 Å². The summed E-state index contributed by atoms with van der Waals surface area (Å²) in [6.45, 7) is 0. The molecule has 1 aromatic heterocycles. The number of rotatable bonds is 7. The maximum absolute atomic E-state index is 13.1. The molecule has 1 aromatic carbocycles. The molecule has 1 aliphatic rings. The van der Waals surface area contributed by atoms with E-state index in [2.05, 4.69) is 0 Å². The average Bonchev–Trinajstić information content (AvgIpc) is 3.22. The number of aliphatic carboxylic acids is 1. The summed E-state index contributed by atoms with van der Waals surface area (Å²) in [4.78, 5) is 25.8. The quantitative estimate of drug-likeness (QED) is 0.505. The Morgan fingerprint density at radius 3 is 2.71 bits per heavy atom. The first-order valence-corrected chi connectivity index (χ1v) is 10.9. The predicted octanol–water partition coefficient (Wildman–Crippen LogP) is 4.49. The maximum Gasteiger partial charge on any atom is 0.326 e. The maximum atomic E-state index is 13.1. The molecule has 3 rings (SSSR count). The summed E-state index contributed by atoms with van der Waals surface area (Å²) < 4.78 is 19.0. The van der Waals surface area contributed by atoms with Crippen molar-refractivity contribution in [2.24, 2.45) is 0 Å². The second-order valence-corrected chi connectivity index (χ2v) is 8.56. The van der Waals surface area contributed by atoms with Crippen LogP contribution in [0.3, 0.4) is 0 Å². The van der Waals surface area contributed by atoms with Gasteiger partial charge in [0.05, 0.1) is 4.91 Å². The highest BCUT2D eigenvalue weighted by Crippen LogP contribution is 2.35. The predicted molar refractivity (Wildman–Crippen MR) is 114 cm³/mol. The van der Waals surface area contributed by atoms with Gasteiger partial charge in [-0.15, -0.1) is 0 Å². The Kier molecular flexibility index (Phi) is 6.58. The molecule has 2 heterocycles. The molecule has 2 aromatic rings. The van der Waals surface area contributed by atoms with Crippen LogP contribution in [0, 0.1) is 5.82 Å². The van der Waals surface area contributed by atoms with Gasteiger partial charge in [-0.1, -0.05) is 24.0 Å². The number of furan rings is 1. The van der Waals surface area contributed by atoms with Crippen molar-refractivity contribution in [3.05, 3.63) is 52.9 Å². The van der Waals surface area contributed by atoms with Crippen molar-refractivity contribution >= 4 is 58.0 Å². The molecular weight excluding hydrogens is 421 g/mol. The van der Waals surface area contributed by atoms with Crippen LogP contribution in [-0.4, -0.2) is 44.3 Å². The van der Waals surface area contributed by atoms with Gasteiger partial charge in [-0.05, 0) is 54.8 Å². The molecule has 1 N–H and O–H groups in total. The fraction of sp³-hybridized carbons (Fsp3) is 0.211. The zero-order valence-electron chi connectivity index (χ0n) is 14.8. The number of hydrogen-bond donors (Lipinski definition) is 1. The Bertz CT molecular complexity index is 939. The van der Waals surface area contributed by atoms with Crippen molar-refractivity contribution in [3.63, 3.8) is 0 Å². The van der Waals surface area contributed by atoms with Crippen molar-refractivity contribution in [1.29, 1.82) is 0 Å². The molecule has 5 nitrogen and oxygen atoms in total. The van der Waals surface area contributed by atoms with E-state index in [0.717, 1.165) is 16.7 Å². The fourth-order valence-electron chi connectivity index (χ4n) is 2.67. The molecule has 146 valence electrons. The molecule has 0 bridgehead atoms. The first kappa shape index (κ1) is 20.6. The summed E-state index contributed by atoms with van der Waals surface area (Å²) in [6, 6.07) is 8.29. The SMILES string of the molecule is CSCC[C@@H](C(=O)O)N1C(=O)/C(=C\c2ccc(-c3ccc(F)cc3)o2)SC1=S. The fourth-order valence-corrected chi connectivity index (χ4v) is 4.47. The summed E-state index contributed by atoms with van der Waals surface area (Å²) in [6.07, 6.45) is 3.73. The lowest BCUT2D eigenvalue weighted by atomic mass is 10.2. The molecule has 0 aliphatic carbocycles. The van der Waals surface area contributed by atoms with Gasteiger partial charge in [0.2, 0.25) is 0 Å². The highest BCUT2D eigenvalue weighted by atomic mass is 32.2. The Morgan fingerprint density at radius 1 is 1.36 bits per heavy atom. The number of carbonyl (C=O) groups is 2. The van der Waals surface area contributed by atoms with Crippen molar-refractivity contribution in [1.82, 2.24) is 4.90 Å². The number of halogens is 1. The number of carbonyl (C=O) groups excluding carboxylic acids is 1. The number of hydrogen-bond acceptors (Lipinski definition) is 6. The average molecular weight is 438 g/mol. The Morgan fingerprint density at radius 2 is 2.07 bits per heavy atom. The van der Waals surface area contributed by atoms with Crippen LogP contribution in [0.15, 0.2) is 45.7 Å². The highest BCUT2D eigenvalue weighted by Gasteiger charge is 2.40. The van der Waals surface area contributed by atoms with Crippen molar-refractivity contribution in [3.8, 4) is 11.3 Å². The lowest BCUT2D eigenvalue weighted by Gasteiger charge is -2.22. The molecule has 0 radical (unpaired) electrons. The van der Waals surface area contributed by atoms with Gasteiger partial charge in [-0.2, -0.15) is 11.8 Å². The van der Waals surface area contributed by atoms with Crippen molar-refractivity contribution in [2.75, 3.05) is 12.0 Å². The zero-order chi connectivity index (χ0) is 20.3. The van der Waals surface area contributed by atoms with Crippen LogP contribution in [0.1, 0.15) is 12.2 Å². The Hall–Kier alpha value is -2.10. The second kappa shape index (κ2) is 8.93. The molecule has 28 heavy (non-hydrogen) atoms. The summed E-state index contributed by atoms with van der Waals surface area (Å²) in [5.41, 5.74) is 0.705. The van der Waals surface area contributed by atoms with Crippen LogP contribution < -0.4 is 0 Å². The summed E-state index contributed by atoms with van der Waals surface area (Å²) in [7, 11) is 0. The number of amides is 1. The van der Waals surface area contributed by atoms with E-state index in [9.17, 15) is 19.1 Å². The van der Waals surface area contributed by atoms with E-state index in [4.69, 9.17) is 16.6 Å². The minimum absolute atomic E-state index is 0.218. The van der Waals surface area contributed by atoms with Crippen LogP contribution in [-0.2, 0) is 9.59 Å².